The van der Waals surface area contributed by atoms with Crippen molar-refractivity contribution < 1.29 is 32.9 Å². The first-order valence-corrected chi connectivity index (χ1v) is 28.2. The molecule has 0 aliphatic heterocycles. The number of nitrogens with zero attached hydrogens (tertiary/aromatic N) is 1. The van der Waals surface area contributed by atoms with Gasteiger partial charge < -0.3 is 28.8 Å². The Balaban J connectivity index is 3.94. The van der Waals surface area contributed by atoms with Crippen molar-refractivity contribution in [1.82, 2.24) is 5.32 Å². The fraction of sp³-hybridized carbons (Fsp3) is 0.906. The van der Waals surface area contributed by atoms with E-state index in [0.717, 1.165) is 38.5 Å². The Morgan fingerprint density at radius 3 is 1.26 bits per heavy atom. The lowest BCUT2D eigenvalue weighted by atomic mass is 10.0. The molecule has 0 saturated carbocycles. The standard InChI is InChI=1S/C53H105N2O6P/c1-6-8-10-12-14-16-17-18-19-20-21-22-23-24-25-26-27-28-29-30-31-32-33-34-35-36-37-39-41-43-45-47-53(57)54-51(50-61-62(58,59)60-49-48-55(3,4)5)52(56)46-44-42-40-38-15-13-11-9-7-2/h20-21,44,46,51-52,56H,6-19,22-43,45,47-50H2,1-5H3,(H-,54,57,58,59)/b21-20-,46-44+. The summed E-state index contributed by atoms with van der Waals surface area (Å²) in [6.45, 7) is 4.63. The van der Waals surface area contributed by atoms with Gasteiger partial charge in [0.05, 0.1) is 39.9 Å². The van der Waals surface area contributed by atoms with Crippen LogP contribution in [0.2, 0.25) is 0 Å². The monoisotopic (exact) mass is 897 g/mol. The minimum absolute atomic E-state index is 0.000814. The van der Waals surface area contributed by atoms with Gasteiger partial charge in [-0.3, -0.25) is 9.36 Å². The molecular weight excluding hydrogens is 792 g/mol. The van der Waals surface area contributed by atoms with Crippen LogP contribution in [0.5, 0.6) is 0 Å². The second-order valence-corrected chi connectivity index (χ2v) is 21.0. The normalized spacial score (nSPS) is 14.2. The Labute approximate surface area is 385 Å². The molecule has 0 aliphatic carbocycles. The molecule has 0 rings (SSSR count). The number of hydrogen-bond acceptors (Lipinski definition) is 6. The van der Waals surface area contributed by atoms with E-state index in [9.17, 15) is 19.4 Å². The maximum Gasteiger partial charge on any atom is 0.268 e. The van der Waals surface area contributed by atoms with Gasteiger partial charge in [-0.05, 0) is 44.9 Å². The van der Waals surface area contributed by atoms with E-state index in [1.54, 1.807) is 6.08 Å². The van der Waals surface area contributed by atoms with Crippen LogP contribution in [0.15, 0.2) is 24.3 Å². The van der Waals surface area contributed by atoms with Gasteiger partial charge in [0.25, 0.3) is 7.82 Å². The fourth-order valence-corrected chi connectivity index (χ4v) is 8.64. The number of carbonyl (C=O) groups excluding carboxylic acids is 1. The molecule has 0 aromatic carbocycles. The van der Waals surface area contributed by atoms with Gasteiger partial charge in [-0.2, -0.15) is 0 Å². The van der Waals surface area contributed by atoms with Crippen LogP contribution in [0.4, 0.5) is 0 Å². The number of allylic oxidation sites excluding steroid dienone is 3. The van der Waals surface area contributed by atoms with Crippen LogP contribution in [0, 0.1) is 0 Å². The molecule has 0 saturated heterocycles. The minimum atomic E-state index is -4.58. The number of rotatable bonds is 49. The topological polar surface area (TPSA) is 108 Å². The molecule has 368 valence electrons. The average Bonchev–Trinajstić information content (AvgIpc) is 3.23. The molecule has 0 radical (unpaired) electrons. The van der Waals surface area contributed by atoms with Gasteiger partial charge in [-0.1, -0.05) is 231 Å². The van der Waals surface area contributed by atoms with Crippen molar-refractivity contribution in [1.29, 1.82) is 0 Å². The van der Waals surface area contributed by atoms with Crippen LogP contribution >= 0.6 is 7.82 Å². The molecule has 0 aliphatic rings. The highest BCUT2D eigenvalue weighted by Gasteiger charge is 2.23. The summed E-state index contributed by atoms with van der Waals surface area (Å²) in [7, 11) is 1.27. The van der Waals surface area contributed by atoms with E-state index in [1.165, 1.54) is 199 Å². The van der Waals surface area contributed by atoms with Gasteiger partial charge in [0.1, 0.15) is 13.2 Å². The van der Waals surface area contributed by atoms with Crippen molar-refractivity contribution in [3.63, 3.8) is 0 Å². The lowest BCUT2D eigenvalue weighted by molar-refractivity contribution is -0.870. The Kier molecular flexibility index (Phi) is 44.4. The van der Waals surface area contributed by atoms with E-state index in [1.807, 2.05) is 27.2 Å². The minimum Gasteiger partial charge on any atom is -0.756 e. The smallest absolute Gasteiger partial charge is 0.268 e. The number of likely N-dealkylation sites (N-methyl/N-ethyl adjacent to an activating group) is 1. The third kappa shape index (κ3) is 47.0. The highest BCUT2D eigenvalue weighted by Crippen LogP contribution is 2.38. The predicted octanol–water partition coefficient (Wildman–Crippen LogP) is 15.0. The van der Waals surface area contributed by atoms with Crippen LogP contribution in [-0.4, -0.2) is 68.5 Å². The van der Waals surface area contributed by atoms with Gasteiger partial charge in [0.2, 0.25) is 5.91 Å². The molecular formula is C53H105N2O6P. The Morgan fingerprint density at radius 1 is 0.548 bits per heavy atom. The van der Waals surface area contributed by atoms with Gasteiger partial charge >= 0.3 is 0 Å². The van der Waals surface area contributed by atoms with E-state index in [-0.39, 0.29) is 19.1 Å². The van der Waals surface area contributed by atoms with Gasteiger partial charge in [0.15, 0.2) is 0 Å². The summed E-state index contributed by atoms with van der Waals surface area (Å²) in [6.07, 6.45) is 55.6. The maximum absolute atomic E-state index is 12.9. The molecule has 0 spiro atoms. The quantitative estimate of drug-likeness (QED) is 0.0273. The summed E-state index contributed by atoms with van der Waals surface area (Å²) in [5.41, 5.74) is 0. The molecule has 62 heavy (non-hydrogen) atoms. The van der Waals surface area contributed by atoms with Gasteiger partial charge in [-0.25, -0.2) is 0 Å². The molecule has 0 aromatic rings. The summed E-state index contributed by atoms with van der Waals surface area (Å²) in [6, 6.07) is -0.881. The van der Waals surface area contributed by atoms with Crippen molar-refractivity contribution in [2.75, 3.05) is 40.9 Å². The van der Waals surface area contributed by atoms with Gasteiger partial charge in [0, 0.05) is 6.42 Å². The molecule has 0 bridgehead atoms. The molecule has 0 aromatic heterocycles. The second-order valence-electron chi connectivity index (χ2n) is 19.6. The maximum atomic E-state index is 12.9. The van der Waals surface area contributed by atoms with E-state index in [2.05, 4.69) is 31.3 Å². The van der Waals surface area contributed by atoms with Crippen molar-refractivity contribution in [2.24, 2.45) is 0 Å². The van der Waals surface area contributed by atoms with E-state index < -0.39 is 20.0 Å². The van der Waals surface area contributed by atoms with Crippen molar-refractivity contribution >= 4 is 13.7 Å². The summed E-state index contributed by atoms with van der Waals surface area (Å²) in [4.78, 5) is 25.3. The van der Waals surface area contributed by atoms with E-state index >= 15 is 0 Å². The molecule has 3 atom stereocenters. The van der Waals surface area contributed by atoms with Crippen LogP contribution in [0.1, 0.15) is 258 Å². The number of phosphoric acid groups is 1. The van der Waals surface area contributed by atoms with E-state index in [4.69, 9.17) is 9.05 Å². The third-order valence-corrected chi connectivity index (χ3v) is 13.1. The highest BCUT2D eigenvalue weighted by molar-refractivity contribution is 7.45. The zero-order chi connectivity index (χ0) is 45.7. The molecule has 3 unspecified atom stereocenters. The lowest BCUT2D eigenvalue weighted by Gasteiger charge is -2.29. The summed E-state index contributed by atoms with van der Waals surface area (Å²) in [5, 5.41) is 13.7. The number of hydrogen-bond donors (Lipinski definition) is 2. The van der Waals surface area contributed by atoms with Crippen LogP contribution in [0.3, 0.4) is 0 Å². The SMILES string of the molecule is CCCCCCCCC/C=C/C(O)C(COP(=O)([O-])OCC[N+](C)(C)C)NC(=O)CCCCCCCCCCCCCCCCCCCCC/C=C\CCCCCCCCCC. The summed E-state index contributed by atoms with van der Waals surface area (Å²) < 4.78 is 23.2. The highest BCUT2D eigenvalue weighted by atomic mass is 31.2. The zero-order valence-electron chi connectivity index (χ0n) is 41.8. The van der Waals surface area contributed by atoms with Crippen LogP contribution < -0.4 is 10.2 Å². The van der Waals surface area contributed by atoms with Gasteiger partial charge in [-0.15, -0.1) is 0 Å². The second kappa shape index (κ2) is 45.1. The first-order valence-electron chi connectivity index (χ1n) is 26.7. The Hall–Kier alpha value is -1.02. The van der Waals surface area contributed by atoms with Crippen LogP contribution in [-0.2, 0) is 18.4 Å². The van der Waals surface area contributed by atoms with Crippen molar-refractivity contribution in [3.8, 4) is 0 Å². The summed E-state index contributed by atoms with van der Waals surface area (Å²) in [5.74, 6) is -0.196. The average molecular weight is 897 g/mol. The van der Waals surface area contributed by atoms with E-state index in [0.29, 0.717) is 17.4 Å². The summed E-state index contributed by atoms with van der Waals surface area (Å²) >= 11 is 0. The third-order valence-electron chi connectivity index (χ3n) is 12.2. The zero-order valence-corrected chi connectivity index (χ0v) is 42.7. The fourth-order valence-electron chi connectivity index (χ4n) is 7.91. The Bertz CT molecular complexity index is 1060. The number of aliphatic hydroxyl groups is 1. The molecule has 9 heteroatoms. The molecule has 2 N–H and O–H groups in total. The first-order chi connectivity index (χ1) is 30.0. The number of phosphoric ester groups is 1. The number of unbranched alkanes of at least 4 members (excludes halogenated alkanes) is 34. The van der Waals surface area contributed by atoms with Crippen LogP contribution in [0.25, 0.3) is 0 Å². The van der Waals surface area contributed by atoms with Crippen molar-refractivity contribution in [3.05, 3.63) is 24.3 Å². The lowest BCUT2D eigenvalue weighted by Crippen LogP contribution is -2.45. The van der Waals surface area contributed by atoms with Crippen molar-refractivity contribution in [2.45, 2.75) is 270 Å². The number of amides is 1. The molecule has 1 amide bonds. The number of nitrogens with one attached hydrogen (secondary N) is 1. The first kappa shape index (κ1) is 61.0. The number of carbonyl (C=O) groups is 1. The molecule has 0 fully saturated rings. The molecule has 0 heterocycles. The predicted molar refractivity (Wildman–Crippen MR) is 265 cm³/mol. The number of aliphatic hydroxyl groups excluding tert-OH is 1. The number of quaternary nitrogens is 1. The molecule has 8 nitrogen and oxygen atoms in total. The largest absolute Gasteiger partial charge is 0.756 e. The Morgan fingerprint density at radius 2 is 0.887 bits per heavy atom.